The van der Waals surface area contributed by atoms with E-state index in [1.54, 1.807) is 39.1 Å². The fourth-order valence-electron chi connectivity index (χ4n) is 10.2. The average Bonchev–Trinajstić information content (AvgIpc) is 4.07. The lowest BCUT2D eigenvalue weighted by Crippen LogP contribution is -2.64. The van der Waals surface area contributed by atoms with Gasteiger partial charge in [0, 0.05) is 29.9 Å². The molecule has 3 fully saturated rings. The Morgan fingerprint density at radius 3 is 1.81 bits per heavy atom. The molecule has 3 aliphatic rings. The molecule has 386 valence electrons. The number of ether oxygens (including phenoxy) is 4. The van der Waals surface area contributed by atoms with E-state index < -0.39 is 95.7 Å². The first kappa shape index (κ1) is 51.5. The number of unbranched alkanes of at least 4 members (excludes halogenated alkanes) is 1. The van der Waals surface area contributed by atoms with Gasteiger partial charge < -0.3 is 61.4 Å². The predicted molar refractivity (Wildman–Crippen MR) is 275 cm³/mol. The molecule has 0 saturated carbocycles. The molecule has 9 atom stereocenters. The van der Waals surface area contributed by atoms with Crippen LogP contribution in [0.5, 0.6) is 5.75 Å². The van der Waals surface area contributed by atoms with Crippen LogP contribution < -0.4 is 32.3 Å². The molecule has 0 bridgehead atoms. The van der Waals surface area contributed by atoms with E-state index in [2.05, 4.69) is 31.6 Å². The standard InChI is InChI=1S/C57H63N7O10/c1-34(72-57(37-17-7-4-8-18-37,38-19-9-5-10-20-38)39-21-11-6-12-22-39)46-53(69)64-47-48(71-55-49(47)73-56(2,3)74-55)54(70)62-44(31-35-26-28-40(65)29-27-35)51(67)61-45(32-36-33-59-42-24-14-13-23-41(36)42)52(68)60-43(50(66)63-46)25-15-16-30-58/h4-14,17-24,26-29,33-34,43-49,55,59,65H,15-16,25,30-32,58H2,1-3H3,(H,60,68)(H,61,67)(H,62,70)(H,63,66)(H,64,69)/t34?,43-,44-,45-,46-,47+,48-,49+,55+/m0/s1. The quantitative estimate of drug-likeness (QED) is 0.0558. The Bertz CT molecular complexity index is 2820. The smallest absolute Gasteiger partial charge is 0.252 e. The van der Waals surface area contributed by atoms with Gasteiger partial charge in [0.25, 0.3) is 5.91 Å². The van der Waals surface area contributed by atoms with E-state index in [0.717, 1.165) is 27.6 Å². The van der Waals surface area contributed by atoms with Gasteiger partial charge in [-0.1, -0.05) is 121 Å². The number of benzene rings is 5. The Morgan fingerprint density at radius 1 is 0.635 bits per heavy atom. The summed E-state index contributed by atoms with van der Waals surface area (Å²) in [6, 6.07) is 35.8. The first-order valence-corrected chi connectivity index (χ1v) is 25.1. The number of amides is 5. The molecule has 74 heavy (non-hydrogen) atoms. The van der Waals surface area contributed by atoms with Gasteiger partial charge >= 0.3 is 0 Å². The van der Waals surface area contributed by atoms with Crippen LogP contribution in [0.4, 0.5) is 0 Å². The summed E-state index contributed by atoms with van der Waals surface area (Å²) in [5.41, 5.74) is 8.90. The topological polar surface area (TPSA) is 244 Å². The van der Waals surface area contributed by atoms with Crippen LogP contribution in [0, 0.1) is 0 Å². The molecule has 9 rings (SSSR count). The van der Waals surface area contributed by atoms with Gasteiger partial charge in [-0.2, -0.15) is 0 Å². The summed E-state index contributed by atoms with van der Waals surface area (Å²) in [4.78, 5) is 78.3. The number of aromatic nitrogens is 1. The average molecular weight is 1010 g/mol. The van der Waals surface area contributed by atoms with E-state index in [1.165, 1.54) is 12.1 Å². The van der Waals surface area contributed by atoms with Crippen molar-refractivity contribution in [3.05, 3.63) is 174 Å². The zero-order valence-corrected chi connectivity index (χ0v) is 41.5. The fraction of sp³-hybridized carbons (Fsp3) is 0.351. The van der Waals surface area contributed by atoms with Gasteiger partial charge in [0.05, 0.1) is 12.1 Å². The third-order valence-electron chi connectivity index (χ3n) is 13.9. The minimum atomic E-state index is -1.50. The molecule has 0 spiro atoms. The number of fused-ring (bicyclic) bond motifs is 4. The Labute approximate surface area is 429 Å². The van der Waals surface area contributed by atoms with Crippen molar-refractivity contribution in [2.45, 2.75) is 119 Å². The molecule has 6 aromatic rings. The predicted octanol–water partition coefficient (Wildman–Crippen LogP) is 4.50. The van der Waals surface area contributed by atoms with Crippen molar-refractivity contribution in [3.8, 4) is 5.75 Å². The second kappa shape index (κ2) is 22.4. The number of carbonyl (C=O) groups is 5. The summed E-state index contributed by atoms with van der Waals surface area (Å²) < 4.78 is 26.1. The maximum atomic E-state index is 15.5. The van der Waals surface area contributed by atoms with Crippen LogP contribution in [0.2, 0.25) is 0 Å². The summed E-state index contributed by atoms with van der Waals surface area (Å²) in [6.07, 6.45) is -2.07. The fourth-order valence-corrected chi connectivity index (χ4v) is 10.2. The van der Waals surface area contributed by atoms with Crippen LogP contribution in [0.15, 0.2) is 146 Å². The maximum Gasteiger partial charge on any atom is 0.252 e. The van der Waals surface area contributed by atoms with Crippen molar-refractivity contribution in [1.82, 2.24) is 31.6 Å². The number of nitrogens with two attached hydrogens (primary N) is 1. The van der Waals surface area contributed by atoms with Gasteiger partial charge in [-0.3, -0.25) is 24.0 Å². The van der Waals surface area contributed by atoms with Gasteiger partial charge in [-0.15, -0.1) is 0 Å². The Balaban J connectivity index is 1.15. The molecule has 17 heteroatoms. The SMILES string of the molecule is CC(OC(c1ccccc1)(c1ccccc1)c1ccccc1)[C@@H]1NC(=O)[C@H](CCCCN)NC(=O)[C@H](Cc2c[nH]c3ccccc23)NC(=O)[C@H](Cc2ccc(O)cc2)NC(=O)[C@H]2O[C@@H]3OC(C)(C)O[C@@H]3[C@@H]2NC1=O. The number of aromatic amines is 1. The summed E-state index contributed by atoms with van der Waals surface area (Å²) in [5.74, 6) is -4.86. The molecule has 3 aliphatic heterocycles. The van der Waals surface area contributed by atoms with Crippen LogP contribution in [0.1, 0.15) is 67.9 Å². The number of phenols is 1. The highest BCUT2D eigenvalue weighted by molar-refractivity contribution is 5.97. The number of aromatic hydroxyl groups is 1. The van der Waals surface area contributed by atoms with Gasteiger partial charge in [-0.05, 0) is 92.6 Å². The monoisotopic (exact) mass is 1010 g/mol. The minimum Gasteiger partial charge on any atom is -0.508 e. The van der Waals surface area contributed by atoms with Gasteiger partial charge in [0.1, 0.15) is 41.6 Å². The molecule has 17 nitrogen and oxygen atoms in total. The zero-order chi connectivity index (χ0) is 52.0. The largest absolute Gasteiger partial charge is 0.508 e. The van der Waals surface area contributed by atoms with Crippen molar-refractivity contribution < 1.29 is 48.0 Å². The summed E-state index contributed by atoms with van der Waals surface area (Å²) in [5, 5.41) is 25.6. The number of carbonyl (C=O) groups excluding carboxylic acids is 5. The molecule has 9 N–H and O–H groups in total. The molecule has 1 unspecified atom stereocenters. The number of para-hydroxylation sites is 1. The Kier molecular flexibility index (Phi) is 15.6. The van der Waals surface area contributed by atoms with Crippen molar-refractivity contribution in [1.29, 1.82) is 0 Å². The van der Waals surface area contributed by atoms with Crippen molar-refractivity contribution in [2.24, 2.45) is 5.73 Å². The second-order valence-electron chi connectivity index (χ2n) is 19.6. The Morgan fingerprint density at radius 2 is 1.19 bits per heavy atom. The minimum absolute atomic E-state index is 0.00272. The lowest BCUT2D eigenvalue weighted by molar-refractivity contribution is -0.208. The first-order valence-electron chi connectivity index (χ1n) is 25.1. The van der Waals surface area contributed by atoms with Gasteiger partial charge in [-0.25, -0.2) is 0 Å². The third-order valence-corrected chi connectivity index (χ3v) is 13.9. The first-order chi connectivity index (χ1) is 35.7. The van der Waals surface area contributed by atoms with Crippen LogP contribution in [0.25, 0.3) is 10.9 Å². The summed E-state index contributed by atoms with van der Waals surface area (Å²) >= 11 is 0. The third kappa shape index (κ3) is 11.2. The van der Waals surface area contributed by atoms with E-state index in [-0.39, 0.29) is 25.0 Å². The van der Waals surface area contributed by atoms with E-state index in [0.29, 0.717) is 30.5 Å². The Hall–Kier alpha value is -7.41. The molecular formula is C57H63N7O10. The highest BCUT2D eigenvalue weighted by Crippen LogP contribution is 2.42. The number of hydrogen-bond acceptors (Lipinski definition) is 11. The molecule has 4 heterocycles. The second-order valence-corrected chi connectivity index (χ2v) is 19.6. The highest BCUT2D eigenvalue weighted by atomic mass is 16.8. The number of rotatable bonds is 14. The number of H-pyrrole nitrogens is 1. The van der Waals surface area contributed by atoms with Crippen LogP contribution in [-0.4, -0.2) is 107 Å². The molecule has 0 radical (unpaired) electrons. The van der Waals surface area contributed by atoms with E-state index in [1.807, 2.05) is 115 Å². The highest BCUT2D eigenvalue weighted by Gasteiger charge is 2.58. The molecule has 5 aromatic carbocycles. The van der Waals surface area contributed by atoms with E-state index in [4.69, 9.17) is 24.7 Å². The van der Waals surface area contributed by atoms with E-state index in [9.17, 15) is 19.5 Å². The maximum absolute atomic E-state index is 15.5. The van der Waals surface area contributed by atoms with Crippen LogP contribution in [0.3, 0.4) is 0 Å². The zero-order valence-electron chi connectivity index (χ0n) is 41.5. The van der Waals surface area contributed by atoms with Gasteiger partial charge in [0.15, 0.2) is 18.2 Å². The molecule has 3 saturated heterocycles. The number of nitrogens with one attached hydrogen (secondary N) is 6. The lowest BCUT2D eigenvalue weighted by Gasteiger charge is -2.40. The summed E-state index contributed by atoms with van der Waals surface area (Å²) in [6.45, 7) is 5.37. The normalized spacial score (nSPS) is 24.9. The number of phenolic OH excluding ortho intramolecular Hbond substituents is 1. The molecule has 1 aromatic heterocycles. The van der Waals surface area contributed by atoms with Crippen molar-refractivity contribution >= 4 is 40.4 Å². The van der Waals surface area contributed by atoms with Gasteiger partial charge in [0.2, 0.25) is 23.6 Å². The number of hydrogen-bond donors (Lipinski definition) is 8. The van der Waals surface area contributed by atoms with Crippen molar-refractivity contribution in [3.63, 3.8) is 0 Å². The van der Waals surface area contributed by atoms with Crippen molar-refractivity contribution in [2.75, 3.05) is 6.54 Å². The summed E-state index contributed by atoms with van der Waals surface area (Å²) in [7, 11) is 0. The lowest BCUT2D eigenvalue weighted by atomic mass is 9.79. The van der Waals surface area contributed by atoms with Crippen LogP contribution >= 0.6 is 0 Å². The van der Waals surface area contributed by atoms with E-state index >= 15 is 9.59 Å². The molecule has 5 amide bonds. The van der Waals surface area contributed by atoms with Crippen LogP contribution in [-0.2, 0) is 61.4 Å². The molecule has 0 aliphatic carbocycles. The molecular weight excluding hydrogens is 943 g/mol.